The first-order chi connectivity index (χ1) is 11.7. The number of fused-ring (bicyclic) bond motifs is 3. The molecular weight excluding hydrogens is 507 g/mol. The summed E-state index contributed by atoms with van der Waals surface area (Å²) in [6, 6.07) is 9.75. The number of para-hydroxylation sites is 1. The number of rotatable bonds is 2. The Kier molecular flexibility index (Phi) is 4.39. The lowest BCUT2D eigenvalue weighted by Gasteiger charge is -2.16. The first-order valence-electron chi connectivity index (χ1n) is 6.91. The fourth-order valence-electron chi connectivity index (χ4n) is 2.36. The molecule has 0 saturated carbocycles. The van der Waals surface area contributed by atoms with E-state index in [9.17, 15) is 0 Å². The molecule has 0 aliphatic carbocycles. The number of nitrogens with zero attached hydrogens (tertiary/aromatic N) is 3. The fourth-order valence-corrected chi connectivity index (χ4v) is 3.38. The molecule has 9 heteroatoms. The molecule has 1 aliphatic rings. The van der Waals surface area contributed by atoms with E-state index >= 15 is 0 Å². The van der Waals surface area contributed by atoms with Crippen molar-refractivity contribution in [3.05, 3.63) is 44.3 Å². The minimum Gasteiger partial charge on any atom is -0.448 e. The Morgan fingerprint density at radius 3 is 2.88 bits per heavy atom. The van der Waals surface area contributed by atoms with Gasteiger partial charge in [0.1, 0.15) is 5.69 Å². The van der Waals surface area contributed by atoms with Crippen molar-refractivity contribution in [1.29, 1.82) is 0 Å². The molecule has 3 heterocycles. The van der Waals surface area contributed by atoms with E-state index < -0.39 is 6.23 Å². The highest BCUT2D eigenvalue weighted by atomic mass is 127. The Bertz CT molecular complexity index is 901. The molecular formula is C15H10BrIN4O2S. The molecule has 24 heavy (non-hydrogen) atoms. The topological polar surface area (TPSA) is 73.1 Å². The van der Waals surface area contributed by atoms with E-state index in [1.54, 1.807) is 0 Å². The summed E-state index contributed by atoms with van der Waals surface area (Å²) in [5.41, 5.74) is 2.48. The van der Waals surface area contributed by atoms with Crippen LogP contribution < -0.4 is 10.1 Å². The third kappa shape index (κ3) is 2.88. The summed E-state index contributed by atoms with van der Waals surface area (Å²) in [5, 5.41) is 12.2. The van der Waals surface area contributed by atoms with Crippen LogP contribution in [0.5, 0.6) is 5.88 Å². The number of nitrogens with one attached hydrogen (secondary N) is 1. The van der Waals surface area contributed by atoms with Crippen molar-refractivity contribution in [1.82, 2.24) is 15.2 Å². The van der Waals surface area contributed by atoms with Crippen molar-refractivity contribution in [3.8, 4) is 17.1 Å². The van der Waals surface area contributed by atoms with Crippen LogP contribution >= 0.6 is 50.3 Å². The largest absolute Gasteiger partial charge is 0.448 e. The van der Waals surface area contributed by atoms with Gasteiger partial charge in [0.05, 0.1) is 4.47 Å². The highest BCUT2D eigenvalue weighted by Gasteiger charge is 2.28. The van der Waals surface area contributed by atoms with Gasteiger partial charge >= 0.3 is 0 Å². The number of anilines is 1. The van der Waals surface area contributed by atoms with Gasteiger partial charge in [0.15, 0.2) is 9.53 Å². The molecule has 0 amide bonds. The minimum absolute atomic E-state index is 0.373. The zero-order valence-electron chi connectivity index (χ0n) is 12.3. The van der Waals surface area contributed by atoms with E-state index in [4.69, 9.17) is 9.15 Å². The van der Waals surface area contributed by atoms with E-state index in [-0.39, 0.29) is 0 Å². The summed E-state index contributed by atoms with van der Waals surface area (Å²) in [6.07, 6.45) is 1.39. The molecule has 122 valence electrons. The smallest absolute Gasteiger partial charge is 0.262 e. The Hall–Kier alpha value is -1.33. The summed E-state index contributed by atoms with van der Waals surface area (Å²) < 4.78 is 13.4. The lowest BCUT2D eigenvalue weighted by atomic mass is 10.1. The van der Waals surface area contributed by atoms with Gasteiger partial charge in [-0.15, -0.1) is 10.2 Å². The van der Waals surface area contributed by atoms with Crippen molar-refractivity contribution in [2.75, 3.05) is 11.6 Å². The highest BCUT2D eigenvalue weighted by molar-refractivity contribution is 14.1. The zero-order valence-corrected chi connectivity index (χ0v) is 16.8. The second kappa shape index (κ2) is 6.52. The predicted octanol–water partition coefficient (Wildman–Crippen LogP) is 4.72. The minimum atomic E-state index is -0.525. The highest BCUT2D eigenvalue weighted by Crippen LogP contribution is 2.40. The number of benzene rings is 1. The third-order valence-electron chi connectivity index (χ3n) is 3.44. The SMILES string of the molecule is CSc1nnc2c(n1)-c1ccccc1NC(c1cc(Br)c(I)o1)O2. The summed E-state index contributed by atoms with van der Waals surface area (Å²) in [4.78, 5) is 4.57. The van der Waals surface area contributed by atoms with Gasteiger partial charge in [0.2, 0.25) is 11.4 Å². The maximum Gasteiger partial charge on any atom is 0.262 e. The van der Waals surface area contributed by atoms with Gasteiger partial charge in [-0.1, -0.05) is 30.0 Å². The van der Waals surface area contributed by atoms with Crippen molar-refractivity contribution < 1.29 is 9.15 Å². The Balaban J connectivity index is 1.86. The average Bonchev–Trinajstić information content (AvgIpc) is 2.85. The molecule has 1 atom stereocenters. The van der Waals surface area contributed by atoms with Gasteiger partial charge < -0.3 is 14.5 Å². The molecule has 1 aliphatic heterocycles. The van der Waals surface area contributed by atoms with Gasteiger partial charge in [0, 0.05) is 39.9 Å². The van der Waals surface area contributed by atoms with Gasteiger partial charge in [-0.25, -0.2) is 4.98 Å². The summed E-state index contributed by atoms with van der Waals surface area (Å²) >= 11 is 7.02. The second-order valence-electron chi connectivity index (χ2n) is 4.91. The molecule has 0 radical (unpaired) electrons. The normalized spacial score (nSPS) is 15.7. The maximum absolute atomic E-state index is 6.02. The van der Waals surface area contributed by atoms with E-state index in [1.165, 1.54) is 11.8 Å². The van der Waals surface area contributed by atoms with Crippen LogP contribution in [-0.4, -0.2) is 21.4 Å². The zero-order chi connectivity index (χ0) is 16.7. The van der Waals surface area contributed by atoms with Crippen molar-refractivity contribution in [2.24, 2.45) is 0 Å². The first-order valence-corrected chi connectivity index (χ1v) is 10.0. The van der Waals surface area contributed by atoms with Crippen LogP contribution in [0.1, 0.15) is 12.0 Å². The van der Waals surface area contributed by atoms with E-state index in [2.05, 4.69) is 59.0 Å². The van der Waals surface area contributed by atoms with Crippen LogP contribution in [0.4, 0.5) is 5.69 Å². The molecule has 0 spiro atoms. The molecule has 1 aromatic carbocycles. The van der Waals surface area contributed by atoms with Gasteiger partial charge in [-0.05, 0) is 28.3 Å². The van der Waals surface area contributed by atoms with Gasteiger partial charge in [-0.2, -0.15) is 0 Å². The molecule has 6 nitrogen and oxygen atoms in total. The van der Waals surface area contributed by atoms with E-state index in [1.807, 2.05) is 36.6 Å². The number of halogens is 2. The number of ether oxygens (including phenoxy) is 1. The van der Waals surface area contributed by atoms with Crippen LogP contribution in [-0.2, 0) is 0 Å². The van der Waals surface area contributed by atoms with E-state index in [0.29, 0.717) is 22.5 Å². The summed E-state index contributed by atoms with van der Waals surface area (Å²) in [7, 11) is 0. The quantitative estimate of drug-likeness (QED) is 0.390. The molecule has 0 fully saturated rings. The van der Waals surface area contributed by atoms with Crippen LogP contribution in [0.2, 0.25) is 0 Å². The lowest BCUT2D eigenvalue weighted by molar-refractivity contribution is 0.193. The van der Waals surface area contributed by atoms with Gasteiger partial charge in [-0.3, -0.25) is 0 Å². The molecule has 3 aromatic rings. The fraction of sp³-hybridized carbons (Fsp3) is 0.133. The third-order valence-corrected chi connectivity index (χ3v) is 6.11. The molecule has 0 saturated heterocycles. The molecule has 4 rings (SSSR count). The van der Waals surface area contributed by atoms with Crippen LogP contribution in [0, 0.1) is 3.77 Å². The Labute approximate surface area is 164 Å². The van der Waals surface area contributed by atoms with Crippen LogP contribution in [0.25, 0.3) is 11.3 Å². The number of thioether (sulfide) groups is 1. The van der Waals surface area contributed by atoms with Crippen molar-refractivity contribution in [2.45, 2.75) is 11.4 Å². The van der Waals surface area contributed by atoms with E-state index in [0.717, 1.165) is 19.5 Å². The molecule has 2 aromatic heterocycles. The first kappa shape index (κ1) is 16.2. The predicted molar refractivity (Wildman–Crippen MR) is 103 cm³/mol. The van der Waals surface area contributed by atoms with Crippen molar-refractivity contribution in [3.63, 3.8) is 0 Å². The van der Waals surface area contributed by atoms with Gasteiger partial charge in [0.25, 0.3) is 5.88 Å². The maximum atomic E-state index is 6.02. The number of furan rings is 1. The monoisotopic (exact) mass is 516 g/mol. The molecule has 1 unspecified atom stereocenters. The number of aromatic nitrogens is 3. The Morgan fingerprint density at radius 2 is 2.12 bits per heavy atom. The molecule has 0 bridgehead atoms. The molecule has 1 N–H and O–H groups in total. The van der Waals surface area contributed by atoms with Crippen molar-refractivity contribution >= 4 is 56.0 Å². The number of hydrogen-bond acceptors (Lipinski definition) is 7. The standard InChI is InChI=1S/C15H10BrIN4O2S/c1-24-15-19-11-7-4-2-3-5-9(7)18-13(23-14(11)20-21-15)10-6-8(16)12(17)22-10/h2-6,13,18H,1H3. The lowest BCUT2D eigenvalue weighted by Crippen LogP contribution is -2.16. The van der Waals surface area contributed by atoms with Crippen LogP contribution in [0.3, 0.4) is 0 Å². The summed E-state index contributed by atoms with van der Waals surface area (Å²) in [5.74, 6) is 1.02. The second-order valence-corrected chi connectivity index (χ2v) is 7.52. The number of hydrogen-bond donors (Lipinski definition) is 1. The average molecular weight is 517 g/mol. The Morgan fingerprint density at radius 1 is 1.29 bits per heavy atom. The van der Waals surface area contributed by atoms with Crippen LogP contribution in [0.15, 0.2) is 44.4 Å². The summed E-state index contributed by atoms with van der Waals surface area (Å²) in [6.45, 7) is 0.